The van der Waals surface area contributed by atoms with Crippen molar-refractivity contribution in [3.05, 3.63) is 29.8 Å². The van der Waals surface area contributed by atoms with Crippen LogP contribution in [0.15, 0.2) is 24.3 Å². The average molecular weight is 215 g/mol. The lowest BCUT2D eigenvalue weighted by molar-refractivity contribution is -0.123. The first-order valence-corrected chi connectivity index (χ1v) is 5.25. The summed E-state index contributed by atoms with van der Waals surface area (Å²) in [6.45, 7) is 0. The molecule has 1 saturated carbocycles. The second-order valence-electron chi connectivity index (χ2n) is 4.12. The monoisotopic (exact) mass is 215 g/mol. The van der Waals surface area contributed by atoms with Gasteiger partial charge in [0, 0.05) is 0 Å². The summed E-state index contributed by atoms with van der Waals surface area (Å²) in [5.74, 6) is -0.193. The Morgan fingerprint density at radius 3 is 2.69 bits per heavy atom. The highest BCUT2D eigenvalue weighted by Crippen LogP contribution is 2.30. The van der Waals surface area contributed by atoms with Gasteiger partial charge in [0.2, 0.25) is 5.91 Å². The molecule has 1 aromatic carbocycles. The Hall–Kier alpha value is -1.86. The first-order chi connectivity index (χ1) is 7.65. The average Bonchev–Trinajstić information content (AvgIpc) is 2.26. The highest BCUT2D eigenvalue weighted by Gasteiger charge is 2.40. The van der Waals surface area contributed by atoms with Crippen molar-refractivity contribution in [2.24, 2.45) is 5.73 Å². The van der Waals surface area contributed by atoms with Crippen molar-refractivity contribution in [3.8, 4) is 6.07 Å². The van der Waals surface area contributed by atoms with Crippen LogP contribution in [0, 0.1) is 11.3 Å². The van der Waals surface area contributed by atoms with Gasteiger partial charge in [0.25, 0.3) is 0 Å². The highest BCUT2D eigenvalue weighted by atomic mass is 16.2. The van der Waals surface area contributed by atoms with Crippen LogP contribution >= 0.6 is 0 Å². The van der Waals surface area contributed by atoms with Crippen LogP contribution in [0.2, 0.25) is 0 Å². The van der Waals surface area contributed by atoms with Crippen molar-refractivity contribution < 1.29 is 4.79 Å². The standard InChI is InChI=1S/C12H13N3O/c13-8-9-4-1-2-5-10(9)15-11(16)12(14)6-3-7-12/h1-2,4-5H,3,6-7,14H2,(H,15,16). The minimum atomic E-state index is -0.734. The Morgan fingerprint density at radius 2 is 2.12 bits per heavy atom. The van der Waals surface area contributed by atoms with E-state index in [0.717, 1.165) is 6.42 Å². The summed E-state index contributed by atoms with van der Waals surface area (Å²) in [6, 6.07) is 8.94. The number of nitrogens with one attached hydrogen (secondary N) is 1. The van der Waals surface area contributed by atoms with Crippen molar-refractivity contribution in [1.29, 1.82) is 5.26 Å². The number of nitriles is 1. The van der Waals surface area contributed by atoms with Gasteiger partial charge in [-0.05, 0) is 31.4 Å². The summed E-state index contributed by atoms with van der Waals surface area (Å²) in [5, 5.41) is 11.6. The maximum Gasteiger partial charge on any atom is 0.244 e. The van der Waals surface area contributed by atoms with E-state index >= 15 is 0 Å². The van der Waals surface area contributed by atoms with Crippen LogP contribution < -0.4 is 11.1 Å². The zero-order valence-corrected chi connectivity index (χ0v) is 8.86. The molecule has 2 rings (SSSR count). The predicted molar refractivity (Wildman–Crippen MR) is 60.6 cm³/mol. The fourth-order valence-electron chi connectivity index (χ4n) is 1.72. The van der Waals surface area contributed by atoms with Gasteiger partial charge in [-0.15, -0.1) is 0 Å². The number of carbonyl (C=O) groups is 1. The summed E-state index contributed by atoms with van der Waals surface area (Å²) >= 11 is 0. The van der Waals surface area contributed by atoms with Crippen LogP contribution in [0.4, 0.5) is 5.69 Å². The molecule has 1 aromatic rings. The summed E-state index contributed by atoms with van der Waals surface area (Å²) in [4.78, 5) is 11.8. The number of rotatable bonds is 2. The first kappa shape index (κ1) is 10.7. The Kier molecular flexibility index (Phi) is 2.63. The molecule has 0 aliphatic heterocycles. The molecule has 0 bridgehead atoms. The Bertz CT molecular complexity index is 458. The predicted octanol–water partition coefficient (Wildman–Crippen LogP) is 1.38. The number of nitrogens with two attached hydrogens (primary N) is 1. The third kappa shape index (κ3) is 1.77. The topological polar surface area (TPSA) is 78.9 Å². The van der Waals surface area contributed by atoms with Crippen molar-refractivity contribution in [2.45, 2.75) is 24.8 Å². The number of benzene rings is 1. The summed E-state index contributed by atoms with van der Waals surface area (Å²) < 4.78 is 0. The molecule has 4 nitrogen and oxygen atoms in total. The SMILES string of the molecule is N#Cc1ccccc1NC(=O)C1(N)CCC1. The molecule has 0 aromatic heterocycles. The quantitative estimate of drug-likeness (QED) is 0.782. The zero-order chi connectivity index (χ0) is 11.6. The number of anilines is 1. The minimum absolute atomic E-state index is 0.193. The van der Waals surface area contributed by atoms with Crippen LogP contribution in [0.25, 0.3) is 0 Å². The molecule has 16 heavy (non-hydrogen) atoms. The van der Waals surface area contributed by atoms with Crippen LogP contribution in [-0.2, 0) is 4.79 Å². The van der Waals surface area contributed by atoms with E-state index in [1.165, 1.54) is 0 Å². The van der Waals surface area contributed by atoms with E-state index < -0.39 is 5.54 Å². The molecule has 0 saturated heterocycles. The number of hydrogen-bond acceptors (Lipinski definition) is 3. The molecule has 1 fully saturated rings. The Balaban J connectivity index is 2.15. The van der Waals surface area contributed by atoms with Gasteiger partial charge >= 0.3 is 0 Å². The normalized spacial score (nSPS) is 17.0. The van der Waals surface area contributed by atoms with Gasteiger partial charge in [-0.25, -0.2) is 0 Å². The van der Waals surface area contributed by atoms with Crippen molar-refractivity contribution in [1.82, 2.24) is 0 Å². The largest absolute Gasteiger partial charge is 0.323 e. The second kappa shape index (κ2) is 3.95. The van der Waals surface area contributed by atoms with E-state index in [1.54, 1.807) is 24.3 Å². The molecule has 0 heterocycles. The van der Waals surface area contributed by atoms with Crippen LogP contribution in [0.5, 0.6) is 0 Å². The maximum atomic E-state index is 11.8. The highest BCUT2D eigenvalue weighted by molar-refractivity contribution is 5.99. The number of carbonyl (C=O) groups excluding carboxylic acids is 1. The van der Waals surface area contributed by atoms with Gasteiger partial charge in [0.1, 0.15) is 6.07 Å². The fourth-order valence-corrected chi connectivity index (χ4v) is 1.72. The van der Waals surface area contributed by atoms with E-state index in [1.807, 2.05) is 6.07 Å². The minimum Gasteiger partial charge on any atom is -0.323 e. The molecular formula is C12H13N3O. The second-order valence-corrected chi connectivity index (χ2v) is 4.12. The van der Waals surface area contributed by atoms with Gasteiger partial charge < -0.3 is 11.1 Å². The van der Waals surface area contributed by atoms with Crippen LogP contribution in [0.3, 0.4) is 0 Å². The molecule has 1 aliphatic carbocycles. The summed E-state index contributed by atoms with van der Waals surface area (Å²) in [7, 11) is 0. The van der Waals surface area contributed by atoms with Gasteiger partial charge in [-0.3, -0.25) is 4.79 Å². The summed E-state index contributed by atoms with van der Waals surface area (Å²) in [6.07, 6.45) is 2.42. The maximum absolute atomic E-state index is 11.8. The molecular weight excluding hydrogens is 202 g/mol. The number of nitrogens with zero attached hydrogens (tertiary/aromatic N) is 1. The van der Waals surface area contributed by atoms with Crippen molar-refractivity contribution in [3.63, 3.8) is 0 Å². The summed E-state index contributed by atoms with van der Waals surface area (Å²) in [5.41, 5.74) is 6.15. The van der Waals surface area contributed by atoms with E-state index in [0.29, 0.717) is 24.1 Å². The van der Waals surface area contributed by atoms with Gasteiger partial charge in [0.15, 0.2) is 0 Å². The molecule has 1 aliphatic rings. The number of para-hydroxylation sites is 1. The van der Waals surface area contributed by atoms with E-state index in [9.17, 15) is 4.79 Å². The zero-order valence-electron chi connectivity index (χ0n) is 8.86. The lowest BCUT2D eigenvalue weighted by Crippen LogP contribution is -2.56. The Morgan fingerprint density at radius 1 is 1.44 bits per heavy atom. The Labute approximate surface area is 94.1 Å². The van der Waals surface area contributed by atoms with Gasteiger partial charge in [-0.2, -0.15) is 5.26 Å². The third-order valence-corrected chi connectivity index (χ3v) is 2.99. The first-order valence-electron chi connectivity index (χ1n) is 5.25. The molecule has 4 heteroatoms. The smallest absolute Gasteiger partial charge is 0.244 e. The van der Waals surface area contributed by atoms with E-state index in [4.69, 9.17) is 11.0 Å². The molecule has 0 spiro atoms. The lowest BCUT2D eigenvalue weighted by Gasteiger charge is -2.36. The van der Waals surface area contributed by atoms with E-state index in [-0.39, 0.29) is 5.91 Å². The molecule has 1 amide bonds. The molecule has 0 radical (unpaired) electrons. The van der Waals surface area contributed by atoms with Crippen molar-refractivity contribution >= 4 is 11.6 Å². The fraction of sp³-hybridized carbons (Fsp3) is 0.333. The van der Waals surface area contributed by atoms with Crippen LogP contribution in [0.1, 0.15) is 24.8 Å². The molecule has 0 atom stereocenters. The molecule has 82 valence electrons. The van der Waals surface area contributed by atoms with Gasteiger partial charge in [-0.1, -0.05) is 12.1 Å². The lowest BCUT2D eigenvalue weighted by atomic mass is 9.77. The molecule has 3 N–H and O–H groups in total. The molecule has 0 unspecified atom stereocenters. The number of hydrogen-bond donors (Lipinski definition) is 2. The van der Waals surface area contributed by atoms with Crippen molar-refractivity contribution in [2.75, 3.05) is 5.32 Å². The van der Waals surface area contributed by atoms with E-state index in [2.05, 4.69) is 5.32 Å². The van der Waals surface area contributed by atoms with Gasteiger partial charge in [0.05, 0.1) is 16.8 Å². The third-order valence-electron chi connectivity index (χ3n) is 2.99. The van der Waals surface area contributed by atoms with Crippen LogP contribution in [-0.4, -0.2) is 11.4 Å². The number of amides is 1.